The van der Waals surface area contributed by atoms with Crippen molar-refractivity contribution < 1.29 is 14.3 Å². The topological polar surface area (TPSA) is 80.6 Å². The molecular formula is C16H25N5O3. The Morgan fingerprint density at radius 1 is 1.29 bits per heavy atom. The van der Waals surface area contributed by atoms with Crippen LogP contribution in [0, 0.1) is 0 Å². The molecule has 3 heterocycles. The van der Waals surface area contributed by atoms with Crippen LogP contribution < -0.4 is 0 Å². The molecule has 0 saturated carbocycles. The minimum atomic E-state index is -0.273. The number of unbranched alkanes of at least 4 members (excludes halogenated alkanes) is 2. The molecule has 0 bridgehead atoms. The maximum atomic E-state index is 12.1. The number of nitrogens with zero attached hydrogens (tertiary/aromatic N) is 5. The lowest BCUT2D eigenvalue weighted by atomic mass is 10.2. The van der Waals surface area contributed by atoms with Gasteiger partial charge >= 0.3 is 6.03 Å². The summed E-state index contributed by atoms with van der Waals surface area (Å²) in [6, 6.07) is -0.136. The van der Waals surface area contributed by atoms with Gasteiger partial charge in [0.25, 0.3) is 5.91 Å². The summed E-state index contributed by atoms with van der Waals surface area (Å²) in [5, 5.41) is 4.64. The predicted molar refractivity (Wildman–Crippen MR) is 86.3 cm³/mol. The van der Waals surface area contributed by atoms with Gasteiger partial charge in [0, 0.05) is 20.1 Å². The highest BCUT2D eigenvalue weighted by Gasteiger charge is 2.35. The monoisotopic (exact) mass is 335 g/mol. The summed E-state index contributed by atoms with van der Waals surface area (Å²) in [4.78, 5) is 31.4. The Labute approximate surface area is 141 Å². The summed E-state index contributed by atoms with van der Waals surface area (Å²) in [5.41, 5.74) is 0. The molecule has 0 radical (unpaired) electrons. The molecule has 2 fully saturated rings. The van der Waals surface area contributed by atoms with Gasteiger partial charge in [-0.15, -0.1) is 0 Å². The Kier molecular flexibility index (Phi) is 5.13. The first-order chi connectivity index (χ1) is 11.6. The lowest BCUT2D eigenvalue weighted by Crippen LogP contribution is -2.32. The highest BCUT2D eigenvalue weighted by Crippen LogP contribution is 2.22. The van der Waals surface area contributed by atoms with Crippen molar-refractivity contribution in [1.82, 2.24) is 24.6 Å². The smallest absolute Gasteiger partial charge is 0.327 e. The first-order valence-corrected chi connectivity index (χ1v) is 8.67. The molecule has 0 spiro atoms. The number of imide groups is 1. The molecule has 0 N–H and O–H groups in total. The highest BCUT2D eigenvalue weighted by molar-refractivity contribution is 6.01. The second-order valence-corrected chi connectivity index (χ2v) is 6.48. The maximum Gasteiger partial charge on any atom is 0.327 e. The zero-order chi connectivity index (χ0) is 17.1. The van der Waals surface area contributed by atoms with Crippen molar-refractivity contribution in [2.45, 2.75) is 51.6 Å². The van der Waals surface area contributed by atoms with Gasteiger partial charge in [0.1, 0.15) is 12.4 Å². The minimum Gasteiger partial charge on any atom is -0.379 e. The van der Waals surface area contributed by atoms with E-state index in [-0.39, 0.29) is 31.1 Å². The van der Waals surface area contributed by atoms with E-state index < -0.39 is 0 Å². The molecule has 0 aliphatic carbocycles. The van der Waals surface area contributed by atoms with Crippen molar-refractivity contribution in [3.8, 4) is 0 Å². The SMILES string of the molecule is CCCCCc1nc(CN2C(=O)CN(C)C2=O)n(C2CCOC2)n1. The summed E-state index contributed by atoms with van der Waals surface area (Å²) in [5.74, 6) is 1.28. The molecule has 1 unspecified atom stereocenters. The van der Waals surface area contributed by atoms with E-state index in [1.54, 1.807) is 7.05 Å². The molecule has 8 nitrogen and oxygen atoms in total. The van der Waals surface area contributed by atoms with E-state index in [1.807, 2.05) is 4.68 Å². The molecule has 1 aromatic rings. The average Bonchev–Trinajstić information content (AvgIpc) is 3.25. The van der Waals surface area contributed by atoms with Crippen LogP contribution in [-0.2, 0) is 22.5 Å². The summed E-state index contributed by atoms with van der Waals surface area (Å²) < 4.78 is 7.33. The summed E-state index contributed by atoms with van der Waals surface area (Å²) in [7, 11) is 1.63. The number of carbonyl (C=O) groups excluding carboxylic acids is 2. The zero-order valence-electron chi connectivity index (χ0n) is 14.4. The van der Waals surface area contributed by atoms with E-state index >= 15 is 0 Å². The highest BCUT2D eigenvalue weighted by atomic mass is 16.5. The number of rotatable bonds is 7. The second kappa shape index (κ2) is 7.29. The Balaban J connectivity index is 1.79. The fourth-order valence-corrected chi connectivity index (χ4v) is 3.12. The van der Waals surface area contributed by atoms with Gasteiger partial charge in [0.05, 0.1) is 19.2 Å². The number of aromatic nitrogens is 3. The van der Waals surface area contributed by atoms with E-state index in [1.165, 1.54) is 9.80 Å². The Morgan fingerprint density at radius 3 is 2.75 bits per heavy atom. The Bertz CT molecular complexity index is 609. The van der Waals surface area contributed by atoms with Gasteiger partial charge in [-0.1, -0.05) is 19.8 Å². The predicted octanol–water partition coefficient (Wildman–Crippen LogP) is 1.37. The number of hydrogen-bond donors (Lipinski definition) is 0. The number of carbonyl (C=O) groups is 2. The first-order valence-electron chi connectivity index (χ1n) is 8.67. The number of amides is 3. The van der Waals surface area contributed by atoms with Gasteiger partial charge in [-0.05, 0) is 12.8 Å². The number of aryl methyl sites for hydroxylation is 1. The van der Waals surface area contributed by atoms with Crippen LogP contribution in [0.3, 0.4) is 0 Å². The Hall–Kier alpha value is -1.96. The average molecular weight is 335 g/mol. The zero-order valence-corrected chi connectivity index (χ0v) is 14.4. The lowest BCUT2D eigenvalue weighted by molar-refractivity contribution is -0.125. The third-order valence-corrected chi connectivity index (χ3v) is 4.53. The number of hydrogen-bond acceptors (Lipinski definition) is 5. The van der Waals surface area contributed by atoms with E-state index in [9.17, 15) is 9.59 Å². The van der Waals surface area contributed by atoms with Crippen molar-refractivity contribution in [3.63, 3.8) is 0 Å². The lowest BCUT2D eigenvalue weighted by Gasteiger charge is -2.16. The van der Waals surface area contributed by atoms with E-state index in [0.29, 0.717) is 19.0 Å². The number of likely N-dealkylation sites (N-methyl/N-ethyl adjacent to an activating group) is 1. The van der Waals surface area contributed by atoms with Crippen molar-refractivity contribution in [2.24, 2.45) is 0 Å². The molecule has 3 amide bonds. The molecule has 2 saturated heterocycles. The van der Waals surface area contributed by atoms with Gasteiger partial charge < -0.3 is 9.64 Å². The van der Waals surface area contributed by atoms with Crippen molar-refractivity contribution >= 4 is 11.9 Å². The van der Waals surface area contributed by atoms with E-state index in [4.69, 9.17) is 4.74 Å². The van der Waals surface area contributed by atoms with Crippen molar-refractivity contribution in [1.29, 1.82) is 0 Å². The molecule has 3 rings (SSSR count). The number of ether oxygens (including phenoxy) is 1. The molecular weight excluding hydrogens is 310 g/mol. The first kappa shape index (κ1) is 16.9. The minimum absolute atomic E-state index is 0.128. The van der Waals surface area contributed by atoms with E-state index in [2.05, 4.69) is 17.0 Å². The number of urea groups is 1. The quantitative estimate of drug-likeness (QED) is 0.555. The molecule has 24 heavy (non-hydrogen) atoms. The van der Waals surface area contributed by atoms with Crippen LogP contribution in [0.1, 0.15) is 50.3 Å². The summed E-state index contributed by atoms with van der Waals surface area (Å²) >= 11 is 0. The standard InChI is InChI=1S/C16H25N5O3/c1-3-4-5-6-13-17-14(21(18-13)12-7-8-24-11-12)9-20-15(22)10-19(2)16(20)23/h12H,3-11H2,1-2H3. The molecule has 2 aliphatic rings. The van der Waals surface area contributed by atoms with Crippen LogP contribution in [0.4, 0.5) is 4.79 Å². The maximum absolute atomic E-state index is 12.1. The van der Waals surface area contributed by atoms with Crippen molar-refractivity contribution in [3.05, 3.63) is 11.6 Å². The molecule has 1 aromatic heterocycles. The molecule has 2 aliphatic heterocycles. The summed E-state index contributed by atoms with van der Waals surface area (Å²) in [6.07, 6.45) is 5.04. The van der Waals surface area contributed by atoms with Gasteiger partial charge in [-0.3, -0.25) is 9.69 Å². The van der Waals surface area contributed by atoms with Gasteiger partial charge in [-0.25, -0.2) is 14.5 Å². The summed E-state index contributed by atoms with van der Waals surface area (Å²) in [6.45, 7) is 3.78. The third kappa shape index (κ3) is 3.43. The van der Waals surface area contributed by atoms with E-state index in [0.717, 1.165) is 37.9 Å². The van der Waals surface area contributed by atoms with Crippen LogP contribution in [0.2, 0.25) is 0 Å². The fourth-order valence-electron chi connectivity index (χ4n) is 3.12. The van der Waals surface area contributed by atoms with Crippen LogP contribution in [0.15, 0.2) is 0 Å². The van der Waals surface area contributed by atoms with Gasteiger partial charge in [0.2, 0.25) is 0 Å². The largest absolute Gasteiger partial charge is 0.379 e. The third-order valence-electron chi connectivity index (χ3n) is 4.53. The van der Waals surface area contributed by atoms with Crippen LogP contribution >= 0.6 is 0 Å². The normalized spacial score (nSPS) is 21.3. The van der Waals surface area contributed by atoms with Crippen LogP contribution in [0.5, 0.6) is 0 Å². The fraction of sp³-hybridized carbons (Fsp3) is 0.750. The van der Waals surface area contributed by atoms with Crippen LogP contribution in [0.25, 0.3) is 0 Å². The van der Waals surface area contributed by atoms with Crippen molar-refractivity contribution in [2.75, 3.05) is 26.8 Å². The molecule has 8 heteroatoms. The van der Waals surface area contributed by atoms with Crippen LogP contribution in [-0.4, -0.2) is 63.3 Å². The second-order valence-electron chi connectivity index (χ2n) is 6.48. The molecule has 1 atom stereocenters. The van der Waals surface area contributed by atoms with Gasteiger partial charge in [0.15, 0.2) is 5.82 Å². The Morgan fingerprint density at radius 2 is 2.12 bits per heavy atom. The van der Waals surface area contributed by atoms with Gasteiger partial charge in [-0.2, -0.15) is 5.10 Å². The molecule has 132 valence electrons. The molecule has 0 aromatic carbocycles.